The lowest BCUT2D eigenvalue weighted by molar-refractivity contribution is 0.0845. The van der Waals surface area contributed by atoms with E-state index >= 15 is 0 Å². The standard InChI is InChI=1S/C18H23N3O3Si/c1-4-5-6-25(2,3)24-16-11-7-10(19)8-12-15(11)13(9-14(16)20)18(23)21-17(12)22/h7-9H,4-6,19-20H2,1-3H3,(H,21,22,23). The van der Waals surface area contributed by atoms with Crippen LogP contribution < -0.4 is 21.2 Å². The van der Waals surface area contributed by atoms with Crippen molar-refractivity contribution in [3.8, 4) is 5.75 Å². The van der Waals surface area contributed by atoms with Gasteiger partial charge >= 0.3 is 0 Å². The Balaban J connectivity index is 2.23. The van der Waals surface area contributed by atoms with Gasteiger partial charge in [0.25, 0.3) is 11.8 Å². The van der Waals surface area contributed by atoms with Gasteiger partial charge in [-0.15, -0.1) is 0 Å². The number of carbonyl (C=O) groups excluding carboxylic acids is 2. The Morgan fingerprint density at radius 2 is 1.72 bits per heavy atom. The van der Waals surface area contributed by atoms with Gasteiger partial charge in [-0.1, -0.05) is 19.8 Å². The normalized spacial score (nSPS) is 13.9. The minimum absolute atomic E-state index is 0.377. The average molecular weight is 357 g/mol. The molecule has 0 unspecified atom stereocenters. The highest BCUT2D eigenvalue weighted by atomic mass is 28.4. The number of nitrogens with one attached hydrogen (secondary N) is 1. The van der Waals surface area contributed by atoms with Crippen LogP contribution in [0.15, 0.2) is 18.2 Å². The number of carbonyl (C=O) groups is 2. The lowest BCUT2D eigenvalue weighted by atomic mass is 9.93. The first-order valence-corrected chi connectivity index (χ1v) is 11.6. The molecule has 2 aromatic rings. The van der Waals surface area contributed by atoms with Gasteiger partial charge in [0, 0.05) is 16.5 Å². The smallest absolute Gasteiger partial charge is 0.258 e. The molecule has 2 aromatic carbocycles. The Kier molecular flexibility index (Phi) is 4.20. The molecule has 2 amide bonds. The van der Waals surface area contributed by atoms with Crippen LogP contribution in [0.4, 0.5) is 11.4 Å². The summed E-state index contributed by atoms with van der Waals surface area (Å²) in [5.74, 6) is -0.372. The van der Waals surface area contributed by atoms with Crippen LogP contribution in [0.25, 0.3) is 10.8 Å². The van der Waals surface area contributed by atoms with Gasteiger partial charge in [-0.25, -0.2) is 0 Å². The fourth-order valence-electron chi connectivity index (χ4n) is 3.22. The molecule has 3 rings (SSSR count). The summed E-state index contributed by atoms with van der Waals surface area (Å²) in [6, 6.07) is 5.89. The number of anilines is 2. The van der Waals surface area contributed by atoms with E-state index in [2.05, 4.69) is 25.3 Å². The van der Waals surface area contributed by atoms with E-state index in [1.807, 2.05) is 0 Å². The molecule has 0 aliphatic carbocycles. The van der Waals surface area contributed by atoms with Crippen LogP contribution in [0.5, 0.6) is 5.75 Å². The molecule has 1 heterocycles. The summed E-state index contributed by atoms with van der Waals surface area (Å²) >= 11 is 0. The number of hydrogen-bond donors (Lipinski definition) is 3. The van der Waals surface area contributed by atoms with Crippen LogP contribution >= 0.6 is 0 Å². The first-order chi connectivity index (χ1) is 11.7. The number of rotatable bonds is 5. The quantitative estimate of drug-likeness (QED) is 0.432. The molecular weight excluding hydrogens is 334 g/mol. The van der Waals surface area contributed by atoms with Crippen LogP contribution in [-0.2, 0) is 0 Å². The molecule has 0 aromatic heterocycles. The minimum atomic E-state index is -2.00. The molecule has 0 atom stereocenters. The summed E-state index contributed by atoms with van der Waals surface area (Å²) in [4.78, 5) is 24.4. The molecule has 6 nitrogen and oxygen atoms in total. The van der Waals surface area contributed by atoms with Crippen molar-refractivity contribution in [1.82, 2.24) is 5.32 Å². The molecule has 0 fully saturated rings. The molecule has 5 N–H and O–H groups in total. The average Bonchev–Trinajstić information content (AvgIpc) is 2.53. The number of nitrogens with two attached hydrogens (primary N) is 2. The van der Waals surface area contributed by atoms with E-state index in [4.69, 9.17) is 15.9 Å². The van der Waals surface area contributed by atoms with Gasteiger partial charge < -0.3 is 15.9 Å². The van der Waals surface area contributed by atoms with Crippen molar-refractivity contribution in [2.75, 3.05) is 11.5 Å². The fraction of sp³-hybridized carbons (Fsp3) is 0.333. The second-order valence-electron chi connectivity index (χ2n) is 7.08. The third-order valence-corrected chi connectivity index (χ3v) is 6.78. The maximum Gasteiger partial charge on any atom is 0.258 e. The highest BCUT2D eigenvalue weighted by Gasteiger charge is 2.31. The number of imide groups is 1. The molecule has 1 aliphatic rings. The molecular formula is C18H23N3O3Si. The summed E-state index contributed by atoms with van der Waals surface area (Å²) in [5, 5.41) is 3.52. The van der Waals surface area contributed by atoms with Gasteiger partial charge in [0.15, 0.2) is 0 Å². The van der Waals surface area contributed by atoms with Crippen molar-refractivity contribution in [3.63, 3.8) is 0 Å². The zero-order valence-electron chi connectivity index (χ0n) is 14.7. The van der Waals surface area contributed by atoms with E-state index in [-0.39, 0.29) is 0 Å². The van der Waals surface area contributed by atoms with Gasteiger partial charge in [0.05, 0.1) is 16.8 Å². The van der Waals surface area contributed by atoms with E-state index in [9.17, 15) is 9.59 Å². The van der Waals surface area contributed by atoms with Crippen molar-refractivity contribution in [1.29, 1.82) is 0 Å². The predicted octanol–water partition coefficient (Wildman–Crippen LogP) is 3.27. The summed E-state index contributed by atoms with van der Waals surface area (Å²) in [5.41, 5.74) is 13.8. The number of benzene rings is 2. The summed E-state index contributed by atoms with van der Waals surface area (Å²) in [6.07, 6.45) is 2.18. The Morgan fingerprint density at radius 1 is 1.08 bits per heavy atom. The van der Waals surface area contributed by atoms with Crippen molar-refractivity contribution in [2.45, 2.75) is 38.9 Å². The number of hydrogen-bond acceptors (Lipinski definition) is 5. The third kappa shape index (κ3) is 3.07. The monoisotopic (exact) mass is 357 g/mol. The third-order valence-electron chi connectivity index (χ3n) is 4.46. The van der Waals surface area contributed by atoms with Gasteiger partial charge in [0.1, 0.15) is 5.75 Å². The number of amides is 2. The second kappa shape index (κ2) is 6.07. The van der Waals surface area contributed by atoms with Crippen molar-refractivity contribution >= 4 is 42.3 Å². The molecule has 25 heavy (non-hydrogen) atoms. The molecule has 7 heteroatoms. The summed E-state index contributed by atoms with van der Waals surface area (Å²) in [6.45, 7) is 6.42. The Labute approximate surface area is 147 Å². The van der Waals surface area contributed by atoms with E-state index in [0.29, 0.717) is 39.0 Å². The van der Waals surface area contributed by atoms with Crippen molar-refractivity contribution in [2.24, 2.45) is 0 Å². The maximum atomic E-state index is 12.2. The Bertz CT molecular complexity index is 873. The lowest BCUT2D eigenvalue weighted by Gasteiger charge is -2.28. The highest BCUT2D eigenvalue weighted by molar-refractivity contribution is 6.72. The molecule has 0 saturated heterocycles. The van der Waals surface area contributed by atoms with Crippen molar-refractivity contribution < 1.29 is 14.0 Å². The zero-order valence-corrected chi connectivity index (χ0v) is 15.7. The lowest BCUT2D eigenvalue weighted by Crippen LogP contribution is -2.36. The minimum Gasteiger partial charge on any atom is -0.542 e. The van der Waals surface area contributed by atoms with E-state index < -0.39 is 20.1 Å². The van der Waals surface area contributed by atoms with E-state index in [1.54, 1.807) is 18.2 Å². The van der Waals surface area contributed by atoms with Crippen LogP contribution in [0.1, 0.15) is 40.5 Å². The second-order valence-corrected chi connectivity index (χ2v) is 11.3. The first-order valence-electron chi connectivity index (χ1n) is 8.44. The van der Waals surface area contributed by atoms with Gasteiger partial charge in [0.2, 0.25) is 8.32 Å². The summed E-state index contributed by atoms with van der Waals surface area (Å²) < 4.78 is 6.37. The first kappa shape index (κ1) is 17.3. The Hall–Kier alpha value is -2.54. The largest absolute Gasteiger partial charge is 0.542 e. The SMILES string of the molecule is CCCC[Si](C)(C)Oc1c(N)cc2c3c(cc(N)cc13)C(=O)NC2=O. The molecule has 0 spiro atoms. The van der Waals surface area contributed by atoms with Crippen molar-refractivity contribution in [3.05, 3.63) is 29.3 Å². The number of unbranched alkanes of at least 4 members (excludes halogenated alkanes) is 1. The predicted molar refractivity (Wildman–Crippen MR) is 102 cm³/mol. The highest BCUT2D eigenvalue weighted by Crippen LogP contribution is 2.40. The molecule has 1 aliphatic heterocycles. The molecule has 132 valence electrons. The summed E-state index contributed by atoms with van der Waals surface area (Å²) in [7, 11) is -2.00. The van der Waals surface area contributed by atoms with Crippen LogP contribution in [0.3, 0.4) is 0 Å². The topological polar surface area (TPSA) is 107 Å². The van der Waals surface area contributed by atoms with Gasteiger partial charge in [-0.05, 0) is 37.3 Å². The fourth-order valence-corrected chi connectivity index (χ4v) is 5.31. The van der Waals surface area contributed by atoms with Gasteiger partial charge in [-0.2, -0.15) is 0 Å². The molecule has 0 radical (unpaired) electrons. The maximum absolute atomic E-state index is 12.2. The zero-order chi connectivity index (χ0) is 18.4. The van der Waals surface area contributed by atoms with Crippen LogP contribution in [-0.4, -0.2) is 20.1 Å². The Morgan fingerprint density at radius 3 is 2.36 bits per heavy atom. The number of nitrogen functional groups attached to an aromatic ring is 2. The van der Waals surface area contributed by atoms with E-state index in [0.717, 1.165) is 18.9 Å². The van der Waals surface area contributed by atoms with E-state index in [1.165, 1.54) is 0 Å². The molecule has 0 bridgehead atoms. The molecule has 0 saturated carbocycles. The van der Waals surface area contributed by atoms with Crippen LogP contribution in [0.2, 0.25) is 19.1 Å². The van der Waals surface area contributed by atoms with Gasteiger partial charge in [-0.3, -0.25) is 14.9 Å². The van der Waals surface area contributed by atoms with Crippen LogP contribution in [0, 0.1) is 0 Å².